The van der Waals surface area contributed by atoms with E-state index in [4.69, 9.17) is 0 Å². The second kappa shape index (κ2) is 11.2. The van der Waals surface area contributed by atoms with Gasteiger partial charge in [0, 0.05) is 12.1 Å². The minimum atomic E-state index is -0.416. The molecule has 3 aromatic carbocycles. The molecule has 0 radical (unpaired) electrons. The molecule has 8 heteroatoms. The van der Waals surface area contributed by atoms with Gasteiger partial charge in [0.1, 0.15) is 0 Å². The van der Waals surface area contributed by atoms with Crippen LogP contribution in [0.2, 0.25) is 0 Å². The maximum atomic E-state index is 15.5. The normalized spacial score (nSPS) is 11.2. The molecule has 0 aliphatic carbocycles. The van der Waals surface area contributed by atoms with Crippen molar-refractivity contribution in [2.75, 3.05) is 0 Å². The van der Waals surface area contributed by atoms with E-state index in [0.29, 0.717) is 37.4 Å². The predicted molar refractivity (Wildman–Crippen MR) is 142 cm³/mol. The van der Waals surface area contributed by atoms with Crippen LogP contribution in [-0.2, 0) is 25.9 Å². The Balaban J connectivity index is 1.42. The van der Waals surface area contributed by atoms with Crippen molar-refractivity contribution < 1.29 is 4.39 Å². The third-order valence-electron chi connectivity index (χ3n) is 6.63. The third kappa shape index (κ3) is 5.28. The Morgan fingerprint density at radius 3 is 2.27 bits per heavy atom. The zero-order chi connectivity index (χ0) is 25.6. The van der Waals surface area contributed by atoms with Gasteiger partial charge in [-0.25, -0.2) is 9.89 Å². The molecule has 2 aromatic heterocycles. The Morgan fingerprint density at radius 1 is 0.838 bits per heavy atom. The Kier molecular flexibility index (Phi) is 7.35. The molecule has 5 rings (SSSR count). The number of rotatable bonds is 10. The van der Waals surface area contributed by atoms with Gasteiger partial charge in [-0.3, -0.25) is 9.13 Å². The molecule has 0 aliphatic rings. The molecule has 0 atom stereocenters. The zero-order valence-corrected chi connectivity index (χ0v) is 20.8. The van der Waals surface area contributed by atoms with Gasteiger partial charge >= 0.3 is 5.69 Å². The van der Waals surface area contributed by atoms with Crippen LogP contribution < -0.4 is 5.69 Å². The summed E-state index contributed by atoms with van der Waals surface area (Å²) in [5, 5.41) is 14.2. The number of nitrogens with one attached hydrogen (secondary N) is 1. The summed E-state index contributed by atoms with van der Waals surface area (Å²) in [7, 11) is 0. The van der Waals surface area contributed by atoms with Crippen LogP contribution in [0.1, 0.15) is 36.6 Å². The number of hydrogen-bond donors (Lipinski definition) is 1. The molecule has 0 unspecified atom stereocenters. The fraction of sp³-hybridized carbons (Fsp3) is 0.241. The Hall–Kier alpha value is -4.33. The van der Waals surface area contributed by atoms with E-state index < -0.39 is 5.95 Å². The fourth-order valence-corrected chi connectivity index (χ4v) is 4.62. The van der Waals surface area contributed by atoms with Crippen molar-refractivity contribution in [1.29, 1.82) is 0 Å². The third-order valence-corrected chi connectivity index (χ3v) is 6.63. The van der Waals surface area contributed by atoms with Gasteiger partial charge in [-0.05, 0) is 51.9 Å². The van der Waals surface area contributed by atoms with Gasteiger partial charge in [-0.2, -0.15) is 4.39 Å². The monoisotopic (exact) mass is 496 g/mol. The quantitative estimate of drug-likeness (QED) is 0.286. The lowest BCUT2D eigenvalue weighted by molar-refractivity contribution is 0.477. The number of tetrazole rings is 1. The number of aromatic nitrogens is 6. The van der Waals surface area contributed by atoms with E-state index in [1.807, 2.05) is 78.9 Å². The number of aryl methyl sites for hydroxylation is 1. The van der Waals surface area contributed by atoms with Gasteiger partial charge in [0.25, 0.3) is 0 Å². The van der Waals surface area contributed by atoms with Crippen molar-refractivity contribution in [1.82, 2.24) is 29.8 Å². The minimum absolute atomic E-state index is 0.299. The van der Waals surface area contributed by atoms with Crippen molar-refractivity contribution in [3.63, 3.8) is 0 Å². The number of benzene rings is 3. The van der Waals surface area contributed by atoms with Crippen LogP contribution in [0.5, 0.6) is 0 Å². The highest BCUT2D eigenvalue weighted by molar-refractivity contribution is 5.80. The highest BCUT2D eigenvalue weighted by Gasteiger charge is 2.20. The summed E-state index contributed by atoms with van der Waals surface area (Å²) >= 11 is 0. The second-order valence-corrected chi connectivity index (χ2v) is 9.09. The van der Waals surface area contributed by atoms with Crippen LogP contribution in [0.4, 0.5) is 4.39 Å². The number of nitrogens with zero attached hydrogens (tertiary/aromatic N) is 5. The van der Waals surface area contributed by atoms with Gasteiger partial charge < -0.3 is 0 Å². The molecule has 7 nitrogen and oxygen atoms in total. The van der Waals surface area contributed by atoms with E-state index in [1.54, 1.807) is 4.57 Å². The topological polar surface area (TPSA) is 81.4 Å². The number of aromatic amines is 1. The maximum Gasteiger partial charge on any atom is 0.330 e. The first kappa shape index (κ1) is 24.4. The van der Waals surface area contributed by atoms with Crippen molar-refractivity contribution >= 4 is 0 Å². The molecule has 1 N–H and O–H groups in total. The molecule has 0 amide bonds. The van der Waals surface area contributed by atoms with E-state index in [9.17, 15) is 4.79 Å². The minimum Gasteiger partial charge on any atom is -0.289 e. The summed E-state index contributed by atoms with van der Waals surface area (Å²) in [6.45, 7) is 2.70. The van der Waals surface area contributed by atoms with Crippen LogP contribution in [0, 0.1) is 5.95 Å². The average molecular weight is 497 g/mol. The van der Waals surface area contributed by atoms with E-state index >= 15 is 4.39 Å². The van der Waals surface area contributed by atoms with Gasteiger partial charge in [0.2, 0.25) is 5.95 Å². The fourth-order valence-electron chi connectivity index (χ4n) is 4.62. The van der Waals surface area contributed by atoms with Crippen LogP contribution >= 0.6 is 0 Å². The van der Waals surface area contributed by atoms with Gasteiger partial charge in [0.05, 0.1) is 12.2 Å². The molecular formula is C29H29FN6O. The van der Waals surface area contributed by atoms with E-state index in [1.165, 1.54) is 4.57 Å². The molecule has 0 bridgehead atoms. The van der Waals surface area contributed by atoms with E-state index in [2.05, 4.69) is 27.5 Å². The molecule has 0 aliphatic heterocycles. The van der Waals surface area contributed by atoms with Crippen molar-refractivity contribution in [3.8, 4) is 22.5 Å². The van der Waals surface area contributed by atoms with Crippen LogP contribution in [-0.4, -0.2) is 29.8 Å². The highest BCUT2D eigenvalue weighted by atomic mass is 19.1. The lowest BCUT2D eigenvalue weighted by Crippen LogP contribution is -2.26. The number of imidazole rings is 1. The molecule has 2 heterocycles. The first-order chi connectivity index (χ1) is 18.2. The summed E-state index contributed by atoms with van der Waals surface area (Å²) in [6.07, 6.45) is 2.89. The number of hydrogen-bond acceptors (Lipinski definition) is 4. The molecule has 5 aromatic rings. The summed E-state index contributed by atoms with van der Waals surface area (Å²) in [6, 6.07) is 25.7. The second-order valence-electron chi connectivity index (χ2n) is 9.09. The average Bonchev–Trinajstić information content (AvgIpc) is 3.55. The smallest absolute Gasteiger partial charge is 0.289 e. The summed E-state index contributed by atoms with van der Waals surface area (Å²) in [5.41, 5.74) is 5.08. The number of H-pyrrole nitrogens is 1. The standard InChI is InChI=1S/C29H29FN6O/c1-2-3-13-26-27(30)35(19-18-21-9-5-4-6-10-21)29(37)36(26)20-22-14-16-23(17-15-22)24-11-7-8-12-25(24)28-31-33-34-32-28/h4-12,14-17H,2-3,13,18-20H2,1H3,(H,31,32,33,34). The van der Waals surface area contributed by atoms with Crippen LogP contribution in [0.3, 0.4) is 0 Å². The lowest BCUT2D eigenvalue weighted by atomic mass is 9.98. The number of unbranched alkanes of at least 4 members (excludes halogenated alkanes) is 1. The van der Waals surface area contributed by atoms with Gasteiger partial charge in [-0.15, -0.1) is 5.10 Å². The SMILES string of the molecule is CCCCc1c(F)n(CCc2ccccc2)c(=O)n1Cc1ccc(-c2ccccc2-c2nnn[nH]2)cc1. The van der Waals surface area contributed by atoms with Crippen molar-refractivity contribution in [3.05, 3.63) is 112 Å². The van der Waals surface area contributed by atoms with Gasteiger partial charge in [0.15, 0.2) is 5.82 Å². The largest absolute Gasteiger partial charge is 0.330 e. The Labute approximate surface area is 214 Å². The van der Waals surface area contributed by atoms with Crippen LogP contribution in [0.15, 0.2) is 83.7 Å². The molecule has 188 valence electrons. The summed E-state index contributed by atoms with van der Waals surface area (Å²) < 4.78 is 18.4. The summed E-state index contributed by atoms with van der Waals surface area (Å²) in [4.78, 5) is 13.3. The summed E-state index contributed by atoms with van der Waals surface area (Å²) in [5.74, 6) is 0.180. The first-order valence-corrected chi connectivity index (χ1v) is 12.6. The molecular weight excluding hydrogens is 467 g/mol. The van der Waals surface area contributed by atoms with Gasteiger partial charge in [-0.1, -0.05) is 92.2 Å². The van der Waals surface area contributed by atoms with Crippen LogP contribution in [0.25, 0.3) is 22.5 Å². The molecule has 0 saturated carbocycles. The van der Waals surface area contributed by atoms with Crippen molar-refractivity contribution in [2.45, 2.75) is 45.7 Å². The predicted octanol–water partition coefficient (Wildman–Crippen LogP) is 5.27. The molecule has 0 fully saturated rings. The Bertz CT molecular complexity index is 1500. The van der Waals surface area contributed by atoms with E-state index in [-0.39, 0.29) is 5.69 Å². The van der Waals surface area contributed by atoms with E-state index in [0.717, 1.165) is 40.7 Å². The highest BCUT2D eigenvalue weighted by Crippen LogP contribution is 2.29. The maximum absolute atomic E-state index is 15.5. The number of halogens is 1. The molecule has 0 spiro atoms. The first-order valence-electron chi connectivity index (χ1n) is 12.6. The Morgan fingerprint density at radius 2 is 1.57 bits per heavy atom. The molecule has 37 heavy (non-hydrogen) atoms. The zero-order valence-electron chi connectivity index (χ0n) is 20.8. The van der Waals surface area contributed by atoms with Crippen molar-refractivity contribution in [2.24, 2.45) is 0 Å². The lowest BCUT2D eigenvalue weighted by Gasteiger charge is -2.10. The molecule has 0 saturated heterocycles.